The van der Waals surface area contributed by atoms with Gasteiger partial charge in [0.2, 0.25) is 0 Å². The number of para-hydroxylation sites is 1. The number of nitrogens with zero attached hydrogens (tertiary/aromatic N) is 1. The van der Waals surface area contributed by atoms with Crippen LogP contribution >= 0.6 is 11.6 Å². The number of benzene rings is 2. The number of amides is 1. The largest absolute Gasteiger partial charge is 0.465 e. The molecule has 1 amide bonds. The minimum absolute atomic E-state index is 0.178. The smallest absolute Gasteiger partial charge is 0.326 e. The first-order valence-corrected chi connectivity index (χ1v) is 8.83. The standard InChI is InChI=1S/C20H18ClNO5/c1-2-27-18(24)12-22-16-10-6-4-8-14(16)20(26,19(22)25)11-17(23)13-7-3-5-9-15(13)21/h3-10,26H,2,11-12H2,1H3/t20-/m0/s1. The Bertz CT molecular complexity index is 913. The van der Waals surface area contributed by atoms with E-state index >= 15 is 0 Å². The van der Waals surface area contributed by atoms with Crippen molar-refractivity contribution in [3.8, 4) is 0 Å². The molecule has 1 N–H and O–H groups in total. The highest BCUT2D eigenvalue weighted by Crippen LogP contribution is 2.43. The second-order valence-electron chi connectivity index (χ2n) is 6.15. The summed E-state index contributed by atoms with van der Waals surface area (Å²) in [6, 6.07) is 13.0. The molecule has 0 aliphatic carbocycles. The number of anilines is 1. The lowest BCUT2D eigenvalue weighted by molar-refractivity contribution is -0.144. The molecule has 3 rings (SSSR count). The van der Waals surface area contributed by atoms with Gasteiger partial charge in [0.25, 0.3) is 5.91 Å². The monoisotopic (exact) mass is 387 g/mol. The maximum absolute atomic E-state index is 13.0. The van der Waals surface area contributed by atoms with Gasteiger partial charge >= 0.3 is 5.97 Å². The van der Waals surface area contributed by atoms with Crippen LogP contribution in [0, 0.1) is 0 Å². The van der Waals surface area contributed by atoms with E-state index in [1.54, 1.807) is 49.4 Å². The molecule has 1 aliphatic rings. The molecule has 7 heteroatoms. The van der Waals surface area contributed by atoms with Crippen LogP contribution in [0.5, 0.6) is 0 Å². The maximum Gasteiger partial charge on any atom is 0.326 e. The van der Waals surface area contributed by atoms with Crippen LogP contribution in [0.4, 0.5) is 5.69 Å². The van der Waals surface area contributed by atoms with E-state index in [-0.39, 0.29) is 29.3 Å². The second kappa shape index (κ2) is 7.50. The molecule has 2 aromatic carbocycles. The maximum atomic E-state index is 13.0. The Balaban J connectivity index is 1.95. The highest BCUT2D eigenvalue weighted by molar-refractivity contribution is 6.34. The third-order valence-electron chi connectivity index (χ3n) is 4.42. The summed E-state index contributed by atoms with van der Waals surface area (Å²) in [5.41, 5.74) is -1.19. The van der Waals surface area contributed by atoms with Crippen LogP contribution in [0.3, 0.4) is 0 Å². The SMILES string of the molecule is CCOC(=O)CN1C(=O)[C@](O)(CC(=O)c2ccccc2Cl)c2ccccc21. The van der Waals surface area contributed by atoms with Crippen molar-refractivity contribution in [3.05, 3.63) is 64.7 Å². The van der Waals surface area contributed by atoms with Gasteiger partial charge in [-0.2, -0.15) is 0 Å². The van der Waals surface area contributed by atoms with Crippen LogP contribution in [0.1, 0.15) is 29.3 Å². The number of aliphatic hydroxyl groups is 1. The second-order valence-corrected chi connectivity index (χ2v) is 6.56. The molecular weight excluding hydrogens is 370 g/mol. The van der Waals surface area contributed by atoms with E-state index < -0.39 is 29.7 Å². The number of carbonyl (C=O) groups excluding carboxylic acids is 3. The fourth-order valence-electron chi connectivity index (χ4n) is 3.19. The van der Waals surface area contributed by atoms with E-state index in [0.717, 1.165) is 4.90 Å². The molecular formula is C20H18ClNO5. The molecule has 0 aromatic heterocycles. The summed E-state index contributed by atoms with van der Waals surface area (Å²) >= 11 is 6.06. The van der Waals surface area contributed by atoms with Gasteiger partial charge in [-0.25, -0.2) is 0 Å². The van der Waals surface area contributed by atoms with Gasteiger partial charge in [0.1, 0.15) is 6.54 Å². The zero-order valence-electron chi connectivity index (χ0n) is 14.6. The van der Waals surface area contributed by atoms with E-state index in [1.807, 2.05) is 0 Å². The van der Waals surface area contributed by atoms with Gasteiger partial charge in [-0.1, -0.05) is 41.9 Å². The summed E-state index contributed by atoms with van der Waals surface area (Å²) in [6.07, 6.45) is -0.480. The summed E-state index contributed by atoms with van der Waals surface area (Å²) in [4.78, 5) is 38.7. The molecule has 2 aromatic rings. The third kappa shape index (κ3) is 3.46. The van der Waals surface area contributed by atoms with Gasteiger partial charge in [0, 0.05) is 11.1 Å². The Morgan fingerprint density at radius 1 is 1.15 bits per heavy atom. The number of halogens is 1. The zero-order valence-corrected chi connectivity index (χ0v) is 15.4. The predicted octanol–water partition coefficient (Wildman–Crippen LogP) is 2.71. The average molecular weight is 388 g/mol. The first-order valence-electron chi connectivity index (χ1n) is 8.45. The summed E-state index contributed by atoms with van der Waals surface area (Å²) in [5.74, 6) is -1.80. The number of rotatable bonds is 6. The van der Waals surface area contributed by atoms with E-state index in [2.05, 4.69) is 0 Å². The third-order valence-corrected chi connectivity index (χ3v) is 4.75. The van der Waals surface area contributed by atoms with Gasteiger partial charge in [-0.15, -0.1) is 0 Å². The van der Waals surface area contributed by atoms with Crippen molar-refractivity contribution in [2.45, 2.75) is 18.9 Å². The Morgan fingerprint density at radius 2 is 1.81 bits per heavy atom. The van der Waals surface area contributed by atoms with Gasteiger partial charge in [0.05, 0.1) is 23.7 Å². The van der Waals surface area contributed by atoms with E-state index in [9.17, 15) is 19.5 Å². The molecule has 0 saturated carbocycles. The average Bonchev–Trinajstić information content (AvgIpc) is 2.84. The van der Waals surface area contributed by atoms with Crippen LogP contribution in [0.15, 0.2) is 48.5 Å². The molecule has 0 fully saturated rings. The molecule has 1 aliphatic heterocycles. The number of carbonyl (C=O) groups is 3. The van der Waals surface area contributed by atoms with Crippen LogP contribution in [-0.4, -0.2) is 35.9 Å². The lowest BCUT2D eigenvalue weighted by Gasteiger charge is -2.22. The highest BCUT2D eigenvalue weighted by atomic mass is 35.5. The molecule has 0 unspecified atom stereocenters. The summed E-state index contributed by atoms with van der Waals surface area (Å²) in [7, 11) is 0. The summed E-state index contributed by atoms with van der Waals surface area (Å²) in [5, 5.41) is 11.4. The number of hydrogen-bond donors (Lipinski definition) is 1. The Kier molecular flexibility index (Phi) is 5.30. The number of hydrogen-bond acceptors (Lipinski definition) is 5. The van der Waals surface area contributed by atoms with Crippen molar-refractivity contribution in [2.75, 3.05) is 18.1 Å². The normalized spacial score (nSPS) is 18.3. The molecule has 0 radical (unpaired) electrons. The van der Waals surface area contributed by atoms with Crippen LogP contribution in [0.2, 0.25) is 5.02 Å². The number of esters is 1. The van der Waals surface area contributed by atoms with Gasteiger partial charge in [-0.05, 0) is 25.1 Å². The van der Waals surface area contributed by atoms with Crippen LogP contribution in [-0.2, 0) is 19.9 Å². The summed E-state index contributed by atoms with van der Waals surface area (Å²) in [6.45, 7) is 1.50. The van der Waals surface area contributed by atoms with E-state index in [1.165, 1.54) is 6.07 Å². The van der Waals surface area contributed by atoms with Gasteiger partial charge in [0.15, 0.2) is 11.4 Å². The number of ketones is 1. The molecule has 0 spiro atoms. The predicted molar refractivity (Wildman–Crippen MR) is 99.7 cm³/mol. The first-order chi connectivity index (χ1) is 12.9. The van der Waals surface area contributed by atoms with E-state index in [0.29, 0.717) is 5.69 Å². The summed E-state index contributed by atoms with van der Waals surface area (Å²) < 4.78 is 4.90. The van der Waals surface area contributed by atoms with Crippen molar-refractivity contribution in [1.82, 2.24) is 0 Å². The highest BCUT2D eigenvalue weighted by Gasteiger charge is 2.51. The van der Waals surface area contributed by atoms with Crippen LogP contribution in [0.25, 0.3) is 0 Å². The van der Waals surface area contributed by atoms with Gasteiger partial charge < -0.3 is 9.84 Å². The molecule has 1 atom stereocenters. The van der Waals surface area contributed by atoms with E-state index in [4.69, 9.17) is 16.3 Å². The number of fused-ring (bicyclic) bond motifs is 1. The topological polar surface area (TPSA) is 83.9 Å². The number of Topliss-reactive ketones (excluding diaryl/α,β-unsaturated/α-hetero) is 1. The van der Waals surface area contributed by atoms with Crippen LogP contribution < -0.4 is 4.90 Å². The zero-order chi connectivity index (χ0) is 19.6. The van der Waals surface area contributed by atoms with Crippen molar-refractivity contribution >= 4 is 34.9 Å². The Hall–Kier alpha value is -2.70. The molecule has 0 saturated heterocycles. The lowest BCUT2D eigenvalue weighted by Crippen LogP contribution is -2.44. The minimum atomic E-state index is -2.07. The quantitative estimate of drug-likeness (QED) is 0.608. The molecule has 0 bridgehead atoms. The fourth-order valence-corrected chi connectivity index (χ4v) is 3.43. The van der Waals surface area contributed by atoms with Gasteiger partial charge in [-0.3, -0.25) is 19.3 Å². The molecule has 1 heterocycles. The molecule has 6 nitrogen and oxygen atoms in total. The number of ether oxygens (including phenoxy) is 1. The van der Waals surface area contributed by atoms with Crippen molar-refractivity contribution < 1.29 is 24.2 Å². The lowest BCUT2D eigenvalue weighted by atomic mass is 9.88. The van der Waals surface area contributed by atoms with Crippen molar-refractivity contribution in [2.24, 2.45) is 0 Å². The van der Waals surface area contributed by atoms with Crippen molar-refractivity contribution in [3.63, 3.8) is 0 Å². The first kappa shape index (κ1) is 19.1. The Labute approximate surface area is 161 Å². The minimum Gasteiger partial charge on any atom is -0.465 e. The molecule has 27 heavy (non-hydrogen) atoms. The fraction of sp³-hybridized carbons (Fsp3) is 0.250. The molecule has 140 valence electrons. The van der Waals surface area contributed by atoms with Crippen molar-refractivity contribution in [1.29, 1.82) is 0 Å². The Morgan fingerprint density at radius 3 is 2.52 bits per heavy atom.